The molecule has 5 rings (SSSR count). The van der Waals surface area contributed by atoms with Gasteiger partial charge in [0.2, 0.25) is 0 Å². The number of aromatic nitrogens is 1. The van der Waals surface area contributed by atoms with Crippen LogP contribution in [0.2, 0.25) is 5.02 Å². The van der Waals surface area contributed by atoms with E-state index in [9.17, 15) is 4.79 Å². The van der Waals surface area contributed by atoms with Crippen molar-refractivity contribution in [2.24, 2.45) is 16.3 Å². The highest BCUT2D eigenvalue weighted by atomic mass is 35.5. The van der Waals surface area contributed by atoms with E-state index in [2.05, 4.69) is 30.7 Å². The number of furan rings is 1. The molecule has 3 aromatic heterocycles. The molecule has 0 spiro atoms. The highest BCUT2D eigenvalue weighted by Gasteiger charge is 2.33. The van der Waals surface area contributed by atoms with Gasteiger partial charge in [-0.15, -0.1) is 11.3 Å². The van der Waals surface area contributed by atoms with E-state index in [0.717, 1.165) is 47.0 Å². The average molecular weight is 520 g/mol. The Balaban J connectivity index is 1.47. The lowest BCUT2D eigenvalue weighted by atomic mass is 9.72. The number of carbonyl (C=O) groups is 1. The lowest BCUT2D eigenvalue weighted by Gasteiger charge is -2.33. The van der Waals surface area contributed by atoms with Gasteiger partial charge in [-0.3, -0.25) is 4.79 Å². The Hall–Kier alpha value is -3.09. The van der Waals surface area contributed by atoms with Gasteiger partial charge in [0, 0.05) is 21.8 Å². The molecule has 3 heterocycles. The zero-order valence-corrected chi connectivity index (χ0v) is 22.3. The summed E-state index contributed by atoms with van der Waals surface area (Å²) in [6.45, 7) is 7.26. The van der Waals surface area contributed by atoms with Crippen LogP contribution in [0.15, 0.2) is 70.4 Å². The van der Waals surface area contributed by atoms with Crippen molar-refractivity contribution in [2.45, 2.75) is 46.6 Å². The van der Waals surface area contributed by atoms with Crippen LogP contribution in [0.5, 0.6) is 0 Å². The number of amides is 1. The Kier molecular flexibility index (Phi) is 6.91. The number of fused-ring (bicyclic) bond motifs is 1. The first-order valence-electron chi connectivity index (χ1n) is 12.2. The summed E-state index contributed by atoms with van der Waals surface area (Å²) in [5.74, 6) is 1.21. The molecule has 36 heavy (non-hydrogen) atoms. The molecular weight excluding hydrogens is 490 g/mol. The maximum atomic E-state index is 13.4. The molecule has 7 heteroatoms. The monoisotopic (exact) mass is 519 g/mol. The molecule has 4 aromatic rings. The fourth-order valence-corrected chi connectivity index (χ4v) is 6.16. The third-order valence-electron chi connectivity index (χ3n) is 6.90. The van der Waals surface area contributed by atoms with E-state index in [-0.39, 0.29) is 11.3 Å². The number of hydrogen-bond acceptors (Lipinski definition) is 4. The van der Waals surface area contributed by atoms with Crippen LogP contribution in [0, 0.1) is 11.3 Å². The Morgan fingerprint density at radius 2 is 2.03 bits per heavy atom. The van der Waals surface area contributed by atoms with Gasteiger partial charge in [0.25, 0.3) is 5.91 Å². The maximum absolute atomic E-state index is 13.4. The van der Waals surface area contributed by atoms with Gasteiger partial charge >= 0.3 is 0 Å². The number of benzene rings is 1. The molecule has 1 aromatic carbocycles. The molecule has 1 N–H and O–H groups in total. The normalized spacial score (nSPS) is 15.8. The number of nitrogens with one attached hydrogen (secondary N) is 1. The number of hydrogen-bond donors (Lipinski definition) is 1. The molecule has 5 nitrogen and oxygen atoms in total. The van der Waals surface area contributed by atoms with Crippen LogP contribution in [0.25, 0.3) is 5.69 Å². The van der Waals surface area contributed by atoms with E-state index in [0.29, 0.717) is 23.0 Å². The largest absolute Gasteiger partial charge is 0.467 e. The number of thiophene rings is 1. The van der Waals surface area contributed by atoms with Crippen molar-refractivity contribution in [3.8, 4) is 5.69 Å². The zero-order chi connectivity index (χ0) is 25.3. The molecule has 1 aliphatic carbocycles. The Labute approximate surface area is 220 Å². The first-order valence-corrected chi connectivity index (χ1v) is 13.4. The topological polar surface area (TPSA) is 59.5 Å². The van der Waals surface area contributed by atoms with Crippen LogP contribution < -0.4 is 5.32 Å². The molecule has 0 saturated heterocycles. The molecule has 0 fully saturated rings. The smallest absolute Gasteiger partial charge is 0.255 e. The van der Waals surface area contributed by atoms with Crippen molar-refractivity contribution in [3.05, 3.63) is 93.5 Å². The number of halogens is 1. The Morgan fingerprint density at radius 3 is 2.75 bits per heavy atom. The number of carbonyl (C=O) groups excluding carboxylic acids is 1. The van der Waals surface area contributed by atoms with Crippen molar-refractivity contribution in [2.75, 3.05) is 0 Å². The first-order chi connectivity index (χ1) is 17.3. The highest BCUT2D eigenvalue weighted by molar-refractivity contribution is 7.16. The summed E-state index contributed by atoms with van der Waals surface area (Å²) >= 11 is 7.72. The summed E-state index contributed by atoms with van der Waals surface area (Å²) in [5, 5.41) is 4.50. The number of rotatable bonds is 6. The third kappa shape index (κ3) is 5.20. The quantitative estimate of drug-likeness (QED) is 0.266. The standard InChI is InChI=1S/C29H30ClN3O2S/c1-29(2,3)19-8-13-24-25(16-19)36-28(26(24)27(34)31-18-23-7-5-15-35-23)32-17-22-6-4-14-33(22)21-11-9-20(30)10-12-21/h4-7,9-12,14-15,17,19H,8,13,16,18H2,1-3H3,(H,31,34)/t19-/m0/s1. The van der Waals surface area contributed by atoms with Crippen molar-refractivity contribution in [1.29, 1.82) is 0 Å². The van der Waals surface area contributed by atoms with Gasteiger partial charge in [-0.05, 0) is 84.7 Å². The van der Waals surface area contributed by atoms with Crippen LogP contribution in [0.1, 0.15) is 59.4 Å². The van der Waals surface area contributed by atoms with Crippen LogP contribution in [-0.4, -0.2) is 16.7 Å². The second-order valence-corrected chi connectivity index (χ2v) is 11.8. The van der Waals surface area contributed by atoms with Crippen LogP contribution in [-0.2, 0) is 19.4 Å². The lowest BCUT2D eigenvalue weighted by molar-refractivity contribution is 0.0947. The van der Waals surface area contributed by atoms with Crippen molar-refractivity contribution < 1.29 is 9.21 Å². The summed E-state index contributed by atoms with van der Waals surface area (Å²) in [6, 6.07) is 15.4. The molecular formula is C29H30ClN3O2S. The minimum absolute atomic E-state index is 0.0988. The second-order valence-electron chi connectivity index (χ2n) is 10.3. The number of aliphatic imine (C=N–C) groups is 1. The van der Waals surface area contributed by atoms with Gasteiger partial charge in [-0.2, -0.15) is 0 Å². The van der Waals surface area contributed by atoms with E-state index in [1.807, 2.05) is 60.9 Å². The van der Waals surface area contributed by atoms with Gasteiger partial charge in [0.1, 0.15) is 10.8 Å². The van der Waals surface area contributed by atoms with Gasteiger partial charge in [-0.25, -0.2) is 4.99 Å². The minimum atomic E-state index is -0.0988. The molecule has 0 radical (unpaired) electrons. The number of nitrogens with zero attached hydrogens (tertiary/aromatic N) is 2. The Morgan fingerprint density at radius 1 is 1.22 bits per heavy atom. The predicted octanol–water partition coefficient (Wildman–Crippen LogP) is 7.62. The van der Waals surface area contributed by atoms with E-state index >= 15 is 0 Å². The van der Waals surface area contributed by atoms with Gasteiger partial charge in [-0.1, -0.05) is 32.4 Å². The fraction of sp³-hybridized carbons (Fsp3) is 0.310. The first kappa shape index (κ1) is 24.6. The Bertz CT molecular complexity index is 1380. The molecule has 0 unspecified atom stereocenters. The maximum Gasteiger partial charge on any atom is 0.255 e. The molecule has 1 aliphatic rings. The van der Waals surface area contributed by atoms with Crippen LogP contribution >= 0.6 is 22.9 Å². The molecule has 0 bridgehead atoms. The summed E-state index contributed by atoms with van der Waals surface area (Å²) in [7, 11) is 0. The van der Waals surface area contributed by atoms with E-state index in [1.165, 1.54) is 4.88 Å². The van der Waals surface area contributed by atoms with Crippen molar-refractivity contribution in [3.63, 3.8) is 0 Å². The van der Waals surface area contributed by atoms with E-state index in [1.54, 1.807) is 17.6 Å². The predicted molar refractivity (Wildman–Crippen MR) is 147 cm³/mol. The molecule has 1 atom stereocenters. The summed E-state index contributed by atoms with van der Waals surface area (Å²) < 4.78 is 7.46. The van der Waals surface area contributed by atoms with Gasteiger partial charge in [0.15, 0.2) is 0 Å². The molecule has 0 aliphatic heterocycles. The summed E-state index contributed by atoms with van der Waals surface area (Å²) in [6.07, 6.45) is 8.42. The molecule has 0 saturated carbocycles. The third-order valence-corrected chi connectivity index (χ3v) is 8.32. The van der Waals surface area contributed by atoms with Gasteiger partial charge < -0.3 is 14.3 Å². The van der Waals surface area contributed by atoms with E-state index < -0.39 is 0 Å². The van der Waals surface area contributed by atoms with Gasteiger partial charge in [0.05, 0.1) is 30.3 Å². The lowest BCUT2D eigenvalue weighted by Crippen LogP contribution is -2.28. The molecule has 186 valence electrons. The second kappa shape index (κ2) is 10.1. The highest BCUT2D eigenvalue weighted by Crippen LogP contribution is 2.45. The molecule has 1 amide bonds. The average Bonchev–Trinajstić information content (AvgIpc) is 3.60. The summed E-state index contributed by atoms with van der Waals surface area (Å²) in [4.78, 5) is 19.6. The van der Waals surface area contributed by atoms with Crippen LogP contribution in [0.3, 0.4) is 0 Å². The fourth-order valence-electron chi connectivity index (χ4n) is 4.77. The van der Waals surface area contributed by atoms with Crippen molar-refractivity contribution >= 4 is 40.1 Å². The van der Waals surface area contributed by atoms with Crippen LogP contribution in [0.4, 0.5) is 5.00 Å². The zero-order valence-electron chi connectivity index (χ0n) is 20.8. The minimum Gasteiger partial charge on any atom is -0.467 e. The van der Waals surface area contributed by atoms with E-state index in [4.69, 9.17) is 21.0 Å². The SMILES string of the molecule is CC(C)(C)[C@H]1CCc2c(sc(N=Cc3cccn3-c3ccc(Cl)cc3)c2C(=O)NCc2ccco2)C1. The summed E-state index contributed by atoms with van der Waals surface area (Å²) in [5.41, 5.74) is 4.01. The van der Waals surface area contributed by atoms with Crippen molar-refractivity contribution in [1.82, 2.24) is 9.88 Å².